The van der Waals surface area contributed by atoms with E-state index >= 15 is 0 Å². The van der Waals surface area contributed by atoms with Gasteiger partial charge >= 0.3 is 5.97 Å². The number of aliphatic imine (C=N–C) groups is 1. The van der Waals surface area contributed by atoms with Crippen molar-refractivity contribution in [2.75, 3.05) is 10.6 Å². The van der Waals surface area contributed by atoms with Crippen LogP contribution in [0.5, 0.6) is 0 Å². The molecule has 12 nitrogen and oxygen atoms in total. The average molecular weight is 511 g/mol. The number of nitrogens with zero attached hydrogens (tertiary/aromatic N) is 6. The van der Waals surface area contributed by atoms with Crippen molar-refractivity contribution < 1.29 is 19.5 Å². The van der Waals surface area contributed by atoms with Gasteiger partial charge in [0.15, 0.2) is 17.4 Å². The molecule has 6 rings (SSSR count). The van der Waals surface area contributed by atoms with Gasteiger partial charge in [-0.3, -0.25) is 19.5 Å². The molecule has 0 fully saturated rings. The lowest BCUT2D eigenvalue weighted by Crippen LogP contribution is -2.47. The van der Waals surface area contributed by atoms with Crippen molar-refractivity contribution in [3.05, 3.63) is 81.8 Å². The number of hydrogen-bond donors (Lipinski definition) is 3. The summed E-state index contributed by atoms with van der Waals surface area (Å²) in [4.78, 5) is 44.8. The number of anilines is 2. The first-order valence-electron chi connectivity index (χ1n) is 11.8. The maximum Gasteiger partial charge on any atom is 0.358 e. The second-order valence-electron chi connectivity index (χ2n) is 9.33. The van der Waals surface area contributed by atoms with E-state index in [9.17, 15) is 19.5 Å². The van der Waals surface area contributed by atoms with Crippen molar-refractivity contribution in [2.24, 2.45) is 10.7 Å². The largest absolute Gasteiger partial charge is 0.476 e. The summed E-state index contributed by atoms with van der Waals surface area (Å²) in [7, 11) is 0. The number of rotatable bonds is 4. The highest BCUT2D eigenvalue weighted by atomic mass is 16.4. The van der Waals surface area contributed by atoms with Crippen molar-refractivity contribution in [3.8, 4) is 0 Å². The van der Waals surface area contributed by atoms with Crippen LogP contribution in [0.15, 0.2) is 47.5 Å². The van der Waals surface area contributed by atoms with Gasteiger partial charge in [0.25, 0.3) is 5.91 Å². The summed E-state index contributed by atoms with van der Waals surface area (Å²) < 4.78 is 1.35. The van der Waals surface area contributed by atoms with Gasteiger partial charge < -0.3 is 16.6 Å². The molecule has 0 unspecified atom stereocenters. The van der Waals surface area contributed by atoms with Crippen LogP contribution < -0.4 is 16.4 Å². The molecule has 38 heavy (non-hydrogen) atoms. The number of hydrogen-bond acceptors (Lipinski definition) is 8. The molecule has 0 aliphatic carbocycles. The predicted molar refractivity (Wildman–Crippen MR) is 137 cm³/mol. The third-order valence-corrected chi connectivity index (χ3v) is 7.00. The van der Waals surface area contributed by atoms with Crippen LogP contribution >= 0.6 is 0 Å². The molecule has 5 N–H and O–H groups in total. The van der Waals surface area contributed by atoms with Crippen LogP contribution in [0.2, 0.25) is 0 Å². The third-order valence-electron chi connectivity index (χ3n) is 7.00. The van der Waals surface area contributed by atoms with Gasteiger partial charge in [-0.05, 0) is 31.5 Å². The molecule has 4 aromatic rings. The maximum atomic E-state index is 14.3. The molecular formula is C26H22N8O4. The van der Waals surface area contributed by atoms with Crippen molar-refractivity contribution in [2.45, 2.75) is 32.4 Å². The number of carbonyl (C=O) groups is 3. The third kappa shape index (κ3) is 3.26. The minimum absolute atomic E-state index is 0.194. The zero-order valence-corrected chi connectivity index (χ0v) is 20.4. The molecule has 12 heteroatoms. The zero-order chi connectivity index (χ0) is 26.9. The van der Waals surface area contributed by atoms with Crippen LogP contribution in [-0.2, 0) is 16.0 Å². The van der Waals surface area contributed by atoms with Crippen molar-refractivity contribution in [3.63, 3.8) is 0 Å². The number of fused-ring (bicyclic) bond motifs is 1. The number of benzene rings is 2. The first-order valence-corrected chi connectivity index (χ1v) is 11.8. The lowest BCUT2D eigenvalue weighted by Gasteiger charge is -2.25. The fourth-order valence-corrected chi connectivity index (χ4v) is 5.33. The van der Waals surface area contributed by atoms with E-state index in [2.05, 4.69) is 15.3 Å². The smallest absolute Gasteiger partial charge is 0.358 e. The summed E-state index contributed by atoms with van der Waals surface area (Å²) in [5.74, 6) is -2.38. The molecule has 4 heterocycles. The monoisotopic (exact) mass is 510 g/mol. The van der Waals surface area contributed by atoms with Crippen molar-refractivity contribution in [1.29, 1.82) is 0 Å². The van der Waals surface area contributed by atoms with Gasteiger partial charge in [-0.1, -0.05) is 30.3 Å². The van der Waals surface area contributed by atoms with Crippen molar-refractivity contribution in [1.82, 2.24) is 19.8 Å². The second kappa shape index (κ2) is 8.20. The normalized spacial score (nSPS) is 18.3. The van der Waals surface area contributed by atoms with Gasteiger partial charge in [-0.15, -0.1) is 10.2 Å². The van der Waals surface area contributed by atoms with Gasteiger partial charge in [0.1, 0.15) is 6.04 Å². The Morgan fingerprint density at radius 3 is 2.53 bits per heavy atom. The molecule has 2 aromatic carbocycles. The van der Waals surface area contributed by atoms with Crippen LogP contribution in [0.4, 0.5) is 11.4 Å². The molecule has 2 aromatic heterocycles. The van der Waals surface area contributed by atoms with Crippen LogP contribution in [0.25, 0.3) is 5.65 Å². The van der Waals surface area contributed by atoms with Gasteiger partial charge in [0.2, 0.25) is 5.91 Å². The fraction of sp³-hybridized carbons (Fsp3) is 0.192. The van der Waals surface area contributed by atoms with E-state index < -0.39 is 29.9 Å². The summed E-state index contributed by atoms with van der Waals surface area (Å²) in [6.45, 7) is 3.25. The number of aromatic nitrogens is 4. The highest BCUT2D eigenvalue weighted by molar-refractivity contribution is 6.22. The number of carboxylic acids is 1. The topological polar surface area (TPSA) is 182 Å². The molecule has 2 amide bonds. The van der Waals surface area contributed by atoms with E-state index in [4.69, 9.17) is 16.5 Å². The van der Waals surface area contributed by atoms with Crippen LogP contribution in [0, 0.1) is 13.8 Å². The quantitative estimate of drug-likeness (QED) is 0.344. The number of primary amides is 1. The lowest BCUT2D eigenvalue weighted by molar-refractivity contribution is -0.125. The summed E-state index contributed by atoms with van der Waals surface area (Å²) >= 11 is 0. The summed E-state index contributed by atoms with van der Waals surface area (Å²) in [5.41, 5.74) is 16.6. The first-order chi connectivity index (χ1) is 18.2. The molecule has 0 spiro atoms. The highest BCUT2D eigenvalue weighted by Crippen LogP contribution is 2.44. The molecule has 2 aliphatic heterocycles. The molecule has 0 saturated carbocycles. The van der Waals surface area contributed by atoms with Gasteiger partial charge in [0, 0.05) is 23.2 Å². The van der Waals surface area contributed by atoms with Crippen LogP contribution in [0.3, 0.4) is 0 Å². The Morgan fingerprint density at radius 2 is 1.84 bits per heavy atom. The summed E-state index contributed by atoms with van der Waals surface area (Å²) in [5, 5.41) is 22.0. The first kappa shape index (κ1) is 23.3. The minimum atomic E-state index is -1.25. The Hall–Kier alpha value is -5.13. The minimum Gasteiger partial charge on any atom is -0.476 e. The molecule has 190 valence electrons. The van der Waals surface area contributed by atoms with E-state index in [-0.39, 0.29) is 23.5 Å². The molecule has 0 bridgehead atoms. The van der Waals surface area contributed by atoms with E-state index in [0.29, 0.717) is 33.9 Å². The Bertz CT molecular complexity index is 1730. The van der Waals surface area contributed by atoms with E-state index in [1.807, 2.05) is 30.3 Å². The predicted octanol–water partition coefficient (Wildman–Crippen LogP) is 1.36. The van der Waals surface area contributed by atoms with Gasteiger partial charge in [-0.2, -0.15) is 5.10 Å². The molecule has 0 saturated heterocycles. The van der Waals surface area contributed by atoms with Gasteiger partial charge in [0.05, 0.1) is 28.4 Å². The molecule has 0 radical (unpaired) electrons. The Balaban J connectivity index is 1.67. The Labute approximate surface area is 215 Å². The molecule has 2 aliphatic rings. The Morgan fingerprint density at radius 1 is 1.11 bits per heavy atom. The number of nitrogen functional groups attached to an aromatic ring is 1. The SMILES string of the molecule is Cc1nn2c(C)c(C(=O)O)nnc2c1[C@H]1N=C(c2ccccc2)c2cc(N)cc3c2N(C1=O)[C@H](C(N)=O)C3. The van der Waals surface area contributed by atoms with E-state index in [0.717, 1.165) is 11.1 Å². The number of aryl methyl sites for hydroxylation is 2. The maximum absolute atomic E-state index is 14.3. The van der Waals surface area contributed by atoms with Crippen molar-refractivity contribution >= 4 is 40.5 Å². The number of carboxylic acid groups (broad SMARTS) is 1. The fourth-order valence-electron chi connectivity index (χ4n) is 5.33. The van der Waals surface area contributed by atoms with E-state index in [1.165, 1.54) is 9.42 Å². The number of carbonyl (C=O) groups excluding carboxylic acids is 2. The average Bonchev–Trinajstić information content (AvgIpc) is 3.39. The lowest BCUT2D eigenvalue weighted by atomic mass is 9.97. The zero-order valence-electron chi connectivity index (χ0n) is 20.4. The number of nitrogens with two attached hydrogens (primary N) is 2. The second-order valence-corrected chi connectivity index (χ2v) is 9.33. The summed E-state index contributed by atoms with van der Waals surface area (Å²) in [6, 6.07) is 10.7. The van der Waals surface area contributed by atoms with Crippen LogP contribution in [-0.4, -0.2) is 54.5 Å². The highest BCUT2D eigenvalue weighted by Gasteiger charge is 2.46. The molecule has 2 atom stereocenters. The molecular weight excluding hydrogens is 488 g/mol. The summed E-state index contributed by atoms with van der Waals surface area (Å²) in [6.07, 6.45) is 0.220. The van der Waals surface area contributed by atoms with Gasteiger partial charge in [-0.25, -0.2) is 9.31 Å². The number of amides is 2. The Kier molecular flexibility index (Phi) is 5.02. The van der Waals surface area contributed by atoms with E-state index in [1.54, 1.807) is 26.0 Å². The van der Waals surface area contributed by atoms with Crippen LogP contribution in [0.1, 0.15) is 50.2 Å². The standard InChI is InChI=1S/C26H22N8O4/c1-11-18(24-31-30-19(26(37)38)12(2)34(24)32-11)21-25(36)33-17(23(28)35)9-14-8-15(27)10-16(22(14)33)20(29-21)13-6-4-3-5-7-13/h3-8,10,17,21H,9,27H2,1-2H3,(H2,28,35)(H,37,38)/t17-,21+/m0/s1. The number of aromatic carboxylic acids is 1.